The Hall–Kier alpha value is -2.79. The lowest BCUT2D eigenvalue weighted by Crippen LogP contribution is -1.97. The van der Waals surface area contributed by atoms with Crippen LogP contribution < -0.4 is 4.74 Å². The van der Waals surface area contributed by atoms with E-state index >= 15 is 0 Å². The summed E-state index contributed by atoms with van der Waals surface area (Å²) in [4.78, 5) is 13.9. The molecule has 0 N–H and O–H groups in total. The number of thiazole rings is 1. The maximum atomic E-state index is 5.51. The fraction of sp³-hybridized carbons (Fsp3) is 0.227. The van der Waals surface area contributed by atoms with E-state index in [1.54, 1.807) is 18.4 Å². The second kappa shape index (κ2) is 7.84. The first kappa shape index (κ1) is 17.6. The fourth-order valence-corrected chi connectivity index (χ4v) is 3.83. The molecule has 0 aliphatic heterocycles. The molecule has 4 aromatic rings. The Morgan fingerprint density at radius 1 is 0.926 bits per heavy atom. The van der Waals surface area contributed by atoms with Crippen LogP contribution in [0, 0.1) is 6.92 Å². The van der Waals surface area contributed by atoms with E-state index in [1.807, 2.05) is 24.3 Å². The third kappa shape index (κ3) is 3.98. The summed E-state index contributed by atoms with van der Waals surface area (Å²) in [6.45, 7) is 2.05. The largest absolute Gasteiger partial charge is 0.479 e. The summed E-state index contributed by atoms with van der Waals surface area (Å²) >= 11 is 1.72. The first-order valence-electron chi connectivity index (χ1n) is 9.04. The van der Waals surface area contributed by atoms with Gasteiger partial charge >= 0.3 is 0 Å². The third-order valence-corrected chi connectivity index (χ3v) is 5.32. The Bertz CT molecular complexity index is 1070. The number of nitrogens with zero attached hydrogens (tertiary/aromatic N) is 3. The minimum atomic E-state index is 0.559. The number of rotatable bonds is 6. The van der Waals surface area contributed by atoms with Gasteiger partial charge in [-0.05, 0) is 49.9 Å². The highest BCUT2D eigenvalue weighted by Gasteiger charge is 2.12. The smallest absolute Gasteiger partial charge is 0.240 e. The number of aryl methyl sites for hydroxylation is 3. The molecule has 0 amide bonds. The van der Waals surface area contributed by atoms with Gasteiger partial charge in [-0.15, -0.1) is 11.3 Å². The molecule has 0 fully saturated rings. The van der Waals surface area contributed by atoms with E-state index in [0.29, 0.717) is 5.88 Å². The molecule has 0 atom stereocenters. The summed E-state index contributed by atoms with van der Waals surface area (Å²) in [5, 5.41) is 3.29. The van der Waals surface area contributed by atoms with Crippen molar-refractivity contribution in [2.45, 2.75) is 26.2 Å². The summed E-state index contributed by atoms with van der Waals surface area (Å²) in [6, 6.07) is 16.4. The van der Waals surface area contributed by atoms with Crippen LogP contribution in [0.2, 0.25) is 0 Å². The van der Waals surface area contributed by atoms with E-state index in [1.165, 1.54) is 11.3 Å². The van der Waals surface area contributed by atoms with Crippen LogP contribution in [0.3, 0.4) is 0 Å². The van der Waals surface area contributed by atoms with E-state index in [2.05, 4.69) is 46.5 Å². The van der Waals surface area contributed by atoms with Crippen molar-refractivity contribution in [3.63, 3.8) is 0 Å². The molecule has 0 bridgehead atoms. The predicted octanol–water partition coefficient (Wildman–Crippen LogP) is 5.25. The molecule has 0 aliphatic rings. The lowest BCUT2D eigenvalue weighted by atomic mass is 10.0. The van der Waals surface area contributed by atoms with Gasteiger partial charge in [0.2, 0.25) is 5.88 Å². The normalized spacial score (nSPS) is 11.0. The van der Waals surface area contributed by atoms with Crippen LogP contribution in [0.1, 0.15) is 22.7 Å². The minimum Gasteiger partial charge on any atom is -0.479 e. The zero-order chi connectivity index (χ0) is 18.6. The third-order valence-electron chi connectivity index (χ3n) is 4.50. The Morgan fingerprint density at radius 2 is 1.74 bits per heavy atom. The van der Waals surface area contributed by atoms with Gasteiger partial charge in [-0.1, -0.05) is 30.3 Å². The molecule has 4 rings (SSSR count). The standard InChI is InChI=1S/C22H21N3OS/c1-15-23-18(14-27-15)10-6-8-16-7-5-9-17(13-16)21-22(26-2)25-20-12-4-3-11-19(20)24-21/h3-5,7,9,11-14H,6,8,10H2,1-2H3. The number of para-hydroxylation sites is 2. The molecular weight excluding hydrogens is 354 g/mol. The van der Waals surface area contributed by atoms with E-state index in [4.69, 9.17) is 9.72 Å². The number of methoxy groups -OCH3 is 1. The molecule has 0 unspecified atom stereocenters. The Labute approximate surface area is 162 Å². The van der Waals surface area contributed by atoms with Gasteiger partial charge in [-0.2, -0.15) is 0 Å². The van der Waals surface area contributed by atoms with Crippen molar-refractivity contribution < 1.29 is 4.74 Å². The number of aromatic nitrogens is 3. The van der Waals surface area contributed by atoms with Gasteiger partial charge in [-0.3, -0.25) is 0 Å². The maximum Gasteiger partial charge on any atom is 0.240 e. The quantitative estimate of drug-likeness (QED) is 0.462. The van der Waals surface area contributed by atoms with Crippen molar-refractivity contribution in [1.82, 2.24) is 15.0 Å². The number of ether oxygens (including phenoxy) is 1. The average Bonchev–Trinajstić information content (AvgIpc) is 3.12. The molecule has 0 saturated carbocycles. The SMILES string of the molecule is COc1nc2ccccc2nc1-c1cccc(CCCc2csc(C)n2)c1. The minimum absolute atomic E-state index is 0.559. The van der Waals surface area contributed by atoms with Crippen LogP contribution in [0.25, 0.3) is 22.3 Å². The molecule has 2 heterocycles. The molecular formula is C22H21N3OS. The summed E-state index contributed by atoms with van der Waals surface area (Å²) in [5.74, 6) is 0.559. The first-order chi connectivity index (χ1) is 13.2. The van der Waals surface area contributed by atoms with E-state index in [-0.39, 0.29) is 0 Å². The molecule has 0 saturated heterocycles. The van der Waals surface area contributed by atoms with E-state index in [0.717, 1.165) is 46.6 Å². The Kier molecular flexibility index (Phi) is 5.12. The second-order valence-electron chi connectivity index (χ2n) is 6.48. The number of fused-ring (bicyclic) bond motifs is 1. The van der Waals surface area contributed by atoms with Gasteiger partial charge in [0.25, 0.3) is 0 Å². The molecule has 0 spiro atoms. The monoisotopic (exact) mass is 375 g/mol. The highest BCUT2D eigenvalue weighted by atomic mass is 32.1. The lowest BCUT2D eigenvalue weighted by molar-refractivity contribution is 0.400. The topological polar surface area (TPSA) is 47.9 Å². The van der Waals surface area contributed by atoms with Crippen LogP contribution in [-0.4, -0.2) is 22.1 Å². The number of benzene rings is 2. The Balaban J connectivity index is 1.57. The van der Waals surface area contributed by atoms with Gasteiger partial charge in [0.1, 0.15) is 5.69 Å². The molecule has 0 radical (unpaired) electrons. The van der Waals surface area contributed by atoms with Crippen molar-refractivity contribution in [2.75, 3.05) is 7.11 Å². The summed E-state index contributed by atoms with van der Waals surface area (Å²) in [5.41, 5.74) is 6.01. The van der Waals surface area contributed by atoms with Crippen LogP contribution in [0.4, 0.5) is 0 Å². The van der Waals surface area contributed by atoms with Crippen LogP contribution >= 0.6 is 11.3 Å². The zero-order valence-corrected chi connectivity index (χ0v) is 16.3. The van der Waals surface area contributed by atoms with Gasteiger partial charge in [0.15, 0.2) is 0 Å². The molecule has 5 heteroatoms. The van der Waals surface area contributed by atoms with E-state index in [9.17, 15) is 0 Å². The van der Waals surface area contributed by atoms with Gasteiger partial charge in [0.05, 0.1) is 28.8 Å². The molecule has 27 heavy (non-hydrogen) atoms. The lowest BCUT2D eigenvalue weighted by Gasteiger charge is -2.10. The fourth-order valence-electron chi connectivity index (χ4n) is 3.19. The molecule has 2 aromatic carbocycles. The second-order valence-corrected chi connectivity index (χ2v) is 7.54. The highest BCUT2D eigenvalue weighted by Crippen LogP contribution is 2.29. The van der Waals surface area contributed by atoms with Crippen molar-refractivity contribution in [2.24, 2.45) is 0 Å². The average molecular weight is 375 g/mol. The number of hydrogen-bond acceptors (Lipinski definition) is 5. The molecule has 4 nitrogen and oxygen atoms in total. The summed E-state index contributed by atoms with van der Waals surface area (Å²) in [7, 11) is 1.64. The highest BCUT2D eigenvalue weighted by molar-refractivity contribution is 7.09. The van der Waals surface area contributed by atoms with E-state index < -0.39 is 0 Å². The van der Waals surface area contributed by atoms with Gasteiger partial charge < -0.3 is 4.74 Å². The molecule has 0 aliphatic carbocycles. The van der Waals surface area contributed by atoms with Crippen LogP contribution in [0.5, 0.6) is 5.88 Å². The van der Waals surface area contributed by atoms with Crippen molar-refractivity contribution in [3.8, 4) is 17.1 Å². The predicted molar refractivity (Wildman–Crippen MR) is 110 cm³/mol. The maximum absolute atomic E-state index is 5.51. The van der Waals surface area contributed by atoms with Gasteiger partial charge in [-0.25, -0.2) is 15.0 Å². The van der Waals surface area contributed by atoms with Crippen LogP contribution in [0.15, 0.2) is 53.9 Å². The number of hydrogen-bond donors (Lipinski definition) is 0. The zero-order valence-electron chi connectivity index (χ0n) is 15.5. The van der Waals surface area contributed by atoms with Crippen LogP contribution in [-0.2, 0) is 12.8 Å². The summed E-state index contributed by atoms with van der Waals surface area (Å²) in [6.07, 6.45) is 3.09. The molecule has 136 valence electrons. The van der Waals surface area contributed by atoms with Crippen molar-refractivity contribution in [3.05, 3.63) is 70.2 Å². The van der Waals surface area contributed by atoms with Gasteiger partial charge in [0, 0.05) is 10.9 Å². The molecule has 2 aromatic heterocycles. The Morgan fingerprint density at radius 3 is 2.48 bits per heavy atom. The van der Waals surface area contributed by atoms with Crippen molar-refractivity contribution in [1.29, 1.82) is 0 Å². The first-order valence-corrected chi connectivity index (χ1v) is 9.92. The summed E-state index contributed by atoms with van der Waals surface area (Å²) < 4.78 is 5.51. The van der Waals surface area contributed by atoms with Crippen molar-refractivity contribution >= 4 is 22.4 Å².